The first-order chi connectivity index (χ1) is 11.6. The zero-order valence-corrected chi connectivity index (χ0v) is 13.6. The number of aryl methyl sites for hydroxylation is 1. The zero-order chi connectivity index (χ0) is 16.6. The summed E-state index contributed by atoms with van der Waals surface area (Å²) < 4.78 is 13.0. The molecular weight excluding hydrogens is 308 g/mol. The van der Waals surface area contributed by atoms with Crippen LogP contribution in [0.5, 0.6) is 0 Å². The van der Waals surface area contributed by atoms with Crippen molar-refractivity contribution in [2.75, 3.05) is 18.5 Å². The molecule has 0 unspecified atom stereocenters. The molecule has 7 nitrogen and oxygen atoms in total. The molecule has 1 aliphatic carbocycles. The Labute approximate surface area is 139 Å². The molecule has 0 atom stereocenters. The highest BCUT2D eigenvalue weighted by molar-refractivity contribution is 6.02. The molecular formula is C17H20N4O3. The maximum absolute atomic E-state index is 12.3. The number of rotatable bonds is 4. The average molecular weight is 328 g/mol. The summed E-state index contributed by atoms with van der Waals surface area (Å²) in [6, 6.07) is 7.60. The number of anilines is 1. The maximum Gasteiger partial charge on any atom is 0.277 e. The van der Waals surface area contributed by atoms with Gasteiger partial charge in [-0.15, -0.1) is 5.10 Å². The van der Waals surface area contributed by atoms with Crippen molar-refractivity contribution in [3.05, 3.63) is 41.7 Å². The van der Waals surface area contributed by atoms with Crippen LogP contribution in [0, 0.1) is 12.3 Å². The van der Waals surface area contributed by atoms with Gasteiger partial charge in [0.15, 0.2) is 12.0 Å². The quantitative estimate of drug-likeness (QED) is 0.928. The lowest BCUT2D eigenvalue weighted by Crippen LogP contribution is -2.36. The van der Waals surface area contributed by atoms with Crippen LogP contribution in [0.25, 0.3) is 0 Å². The minimum absolute atomic E-state index is 0.271. The summed E-state index contributed by atoms with van der Waals surface area (Å²) in [6.45, 7) is 3.86. The molecule has 1 saturated carbocycles. The number of hydrogen-bond donors (Lipinski definition) is 1. The third-order valence-corrected chi connectivity index (χ3v) is 4.61. The number of amides is 1. The number of hydrogen-bond acceptors (Lipinski definition) is 5. The minimum atomic E-state index is -0.329. The number of nitrogens with one attached hydrogen (secondary N) is 1. The predicted molar refractivity (Wildman–Crippen MR) is 86.5 cm³/mol. The van der Waals surface area contributed by atoms with Crippen LogP contribution >= 0.6 is 0 Å². The molecule has 0 radical (unpaired) electrons. The molecule has 7 heteroatoms. The highest BCUT2D eigenvalue weighted by Gasteiger charge is 2.46. The van der Waals surface area contributed by atoms with Crippen molar-refractivity contribution < 1.29 is 14.3 Å². The van der Waals surface area contributed by atoms with Gasteiger partial charge in [-0.2, -0.15) is 0 Å². The molecule has 2 fully saturated rings. The number of ether oxygens (including phenoxy) is 2. The average Bonchev–Trinajstić information content (AvgIpc) is 3.17. The molecule has 2 aromatic rings. The molecule has 2 aliphatic rings. The van der Waals surface area contributed by atoms with Crippen molar-refractivity contribution in [1.82, 2.24) is 15.0 Å². The van der Waals surface area contributed by atoms with Crippen molar-refractivity contribution in [2.45, 2.75) is 32.6 Å². The van der Waals surface area contributed by atoms with Crippen molar-refractivity contribution >= 4 is 11.6 Å². The summed E-state index contributed by atoms with van der Waals surface area (Å²) in [7, 11) is 0. The fourth-order valence-electron chi connectivity index (χ4n) is 2.74. The second-order valence-electron chi connectivity index (χ2n) is 6.65. The topological polar surface area (TPSA) is 78.3 Å². The van der Waals surface area contributed by atoms with Crippen LogP contribution in [0.1, 0.15) is 28.9 Å². The van der Waals surface area contributed by atoms with Crippen LogP contribution in [-0.2, 0) is 16.0 Å². The lowest BCUT2D eigenvalue weighted by Gasteiger charge is -2.29. The Hall–Kier alpha value is -2.25. The van der Waals surface area contributed by atoms with Gasteiger partial charge in [0.25, 0.3) is 5.91 Å². The summed E-state index contributed by atoms with van der Waals surface area (Å²) in [5.41, 5.74) is 2.31. The highest BCUT2D eigenvalue weighted by atomic mass is 16.7. The first kappa shape index (κ1) is 15.3. The van der Waals surface area contributed by atoms with Crippen molar-refractivity contribution in [3.8, 4) is 0 Å². The summed E-state index contributed by atoms with van der Waals surface area (Å²) in [4.78, 5) is 12.3. The van der Waals surface area contributed by atoms with Crippen LogP contribution in [0.4, 0.5) is 5.69 Å². The highest BCUT2D eigenvalue weighted by Crippen LogP contribution is 2.48. The predicted octanol–water partition coefficient (Wildman–Crippen LogP) is 1.99. The number of nitrogens with zero attached hydrogens (tertiary/aromatic N) is 3. The van der Waals surface area contributed by atoms with Crippen LogP contribution in [0.2, 0.25) is 0 Å². The molecule has 1 aliphatic heterocycles. The second kappa shape index (κ2) is 5.99. The van der Waals surface area contributed by atoms with Gasteiger partial charge in [-0.3, -0.25) is 4.79 Å². The fourth-order valence-corrected chi connectivity index (χ4v) is 2.74. The third kappa shape index (κ3) is 3.18. The Morgan fingerprint density at radius 2 is 2.08 bits per heavy atom. The molecule has 1 aromatic carbocycles. The Bertz CT molecular complexity index is 744. The van der Waals surface area contributed by atoms with E-state index in [9.17, 15) is 4.79 Å². The first-order valence-corrected chi connectivity index (χ1v) is 8.14. The van der Waals surface area contributed by atoms with Gasteiger partial charge >= 0.3 is 0 Å². The van der Waals surface area contributed by atoms with E-state index in [2.05, 4.69) is 15.6 Å². The Kier molecular flexibility index (Phi) is 3.82. The molecule has 1 saturated heterocycles. The number of benzene rings is 1. The van der Waals surface area contributed by atoms with E-state index in [1.165, 1.54) is 12.8 Å². The Morgan fingerprint density at radius 3 is 2.79 bits per heavy atom. The van der Waals surface area contributed by atoms with Crippen LogP contribution in [-0.4, -0.2) is 40.4 Å². The van der Waals surface area contributed by atoms with Gasteiger partial charge < -0.3 is 14.8 Å². The van der Waals surface area contributed by atoms with E-state index in [4.69, 9.17) is 9.47 Å². The second-order valence-corrected chi connectivity index (χ2v) is 6.65. The molecule has 1 amide bonds. The van der Waals surface area contributed by atoms with E-state index in [1.54, 1.807) is 10.9 Å². The van der Waals surface area contributed by atoms with Gasteiger partial charge in [-0.25, -0.2) is 4.68 Å². The summed E-state index contributed by atoms with van der Waals surface area (Å²) in [6.07, 6.45) is 3.66. The first-order valence-electron chi connectivity index (χ1n) is 8.14. The van der Waals surface area contributed by atoms with Crippen LogP contribution in [0.3, 0.4) is 0 Å². The molecule has 0 bridgehead atoms. The molecule has 126 valence electrons. The largest absolute Gasteiger partial charge is 0.350 e. The van der Waals surface area contributed by atoms with Crippen molar-refractivity contribution in [3.63, 3.8) is 0 Å². The van der Waals surface area contributed by atoms with E-state index in [0.29, 0.717) is 6.54 Å². The molecule has 1 aromatic heterocycles. The van der Waals surface area contributed by atoms with Gasteiger partial charge in [0.1, 0.15) is 0 Å². The maximum atomic E-state index is 12.3. The molecule has 1 spiro atoms. The number of carbonyl (C=O) groups excluding carboxylic acids is 1. The fraction of sp³-hybridized carbons (Fsp3) is 0.471. The Balaban J connectivity index is 1.36. The van der Waals surface area contributed by atoms with E-state index >= 15 is 0 Å². The third-order valence-electron chi connectivity index (χ3n) is 4.61. The van der Waals surface area contributed by atoms with Crippen molar-refractivity contribution in [2.24, 2.45) is 5.41 Å². The standard InChI is InChI=1S/C17H20N4O3/c1-12-4-2-3-5-13(12)18-16(22)14-8-21(20-19-14)9-15-23-10-17(6-7-17)11-24-15/h2-5,8,15H,6-7,9-11H2,1H3,(H,18,22). The molecule has 2 heterocycles. The van der Waals surface area contributed by atoms with E-state index in [1.807, 2.05) is 31.2 Å². The van der Waals surface area contributed by atoms with Crippen molar-refractivity contribution in [1.29, 1.82) is 0 Å². The zero-order valence-electron chi connectivity index (χ0n) is 13.6. The van der Waals surface area contributed by atoms with Gasteiger partial charge in [0.2, 0.25) is 0 Å². The van der Waals surface area contributed by atoms with E-state index in [-0.39, 0.29) is 23.3 Å². The molecule has 4 rings (SSSR count). The number of carbonyl (C=O) groups is 1. The van der Waals surface area contributed by atoms with E-state index < -0.39 is 0 Å². The van der Waals surface area contributed by atoms with Gasteiger partial charge in [0, 0.05) is 11.1 Å². The SMILES string of the molecule is Cc1ccccc1NC(=O)c1cn(CC2OCC3(CC3)CO2)nn1. The molecule has 1 N–H and O–H groups in total. The Morgan fingerprint density at radius 1 is 1.33 bits per heavy atom. The number of para-hydroxylation sites is 1. The summed E-state index contributed by atoms with van der Waals surface area (Å²) in [5.74, 6) is -0.280. The van der Waals surface area contributed by atoms with E-state index in [0.717, 1.165) is 24.5 Å². The summed E-state index contributed by atoms with van der Waals surface area (Å²) in [5, 5.41) is 10.8. The van der Waals surface area contributed by atoms with Gasteiger partial charge in [0.05, 0.1) is 26.0 Å². The van der Waals surface area contributed by atoms with Crippen LogP contribution in [0.15, 0.2) is 30.5 Å². The molecule has 24 heavy (non-hydrogen) atoms. The van der Waals surface area contributed by atoms with Crippen LogP contribution < -0.4 is 5.32 Å². The smallest absolute Gasteiger partial charge is 0.277 e. The van der Waals surface area contributed by atoms with Gasteiger partial charge in [-0.1, -0.05) is 23.4 Å². The lowest BCUT2D eigenvalue weighted by molar-refractivity contribution is -0.213. The monoisotopic (exact) mass is 328 g/mol. The summed E-state index contributed by atoms with van der Waals surface area (Å²) >= 11 is 0. The van der Waals surface area contributed by atoms with Gasteiger partial charge in [-0.05, 0) is 31.4 Å². The number of aromatic nitrogens is 3. The normalized spacial score (nSPS) is 19.4. The minimum Gasteiger partial charge on any atom is -0.350 e. The lowest BCUT2D eigenvalue weighted by atomic mass is 10.1.